The van der Waals surface area contributed by atoms with Crippen LogP contribution >= 0.6 is 0 Å². The number of hydrogen-bond acceptors (Lipinski definition) is 5. The number of fused-ring (bicyclic) bond motifs is 3. The van der Waals surface area contributed by atoms with Gasteiger partial charge in [-0.05, 0) is 47.4 Å². The summed E-state index contributed by atoms with van der Waals surface area (Å²) < 4.78 is 16.3. The highest BCUT2D eigenvalue weighted by Gasteiger charge is 2.44. The lowest BCUT2D eigenvalue weighted by molar-refractivity contribution is 0.148. The second kappa shape index (κ2) is 4.62. The molecule has 23 heavy (non-hydrogen) atoms. The van der Waals surface area contributed by atoms with Crippen molar-refractivity contribution < 1.29 is 19.0 Å². The number of pyridine rings is 1. The highest BCUT2D eigenvalue weighted by molar-refractivity contribution is 5.73. The summed E-state index contributed by atoms with van der Waals surface area (Å²) in [6, 6.07) is 7.76. The molecule has 1 amide bonds. The predicted molar refractivity (Wildman–Crippen MR) is 79.3 cm³/mol. The molecule has 0 radical (unpaired) electrons. The van der Waals surface area contributed by atoms with Crippen LogP contribution in [0.2, 0.25) is 0 Å². The Morgan fingerprint density at radius 1 is 1.09 bits per heavy atom. The smallest absolute Gasteiger partial charge is 0.411 e. The molecule has 5 rings (SSSR count). The summed E-state index contributed by atoms with van der Waals surface area (Å²) in [5.41, 5.74) is 3.26. The topological polar surface area (TPSA) is 60.9 Å². The molecule has 0 spiro atoms. The van der Waals surface area contributed by atoms with Crippen LogP contribution in [0.4, 0.5) is 4.79 Å². The van der Waals surface area contributed by atoms with Crippen molar-refractivity contribution in [3.63, 3.8) is 0 Å². The van der Waals surface area contributed by atoms with Crippen molar-refractivity contribution in [3.05, 3.63) is 53.3 Å². The van der Waals surface area contributed by atoms with Crippen molar-refractivity contribution in [1.82, 2.24) is 9.88 Å². The number of amides is 1. The predicted octanol–water partition coefficient (Wildman–Crippen LogP) is 2.28. The summed E-state index contributed by atoms with van der Waals surface area (Å²) in [5.74, 6) is 1.50. The van der Waals surface area contributed by atoms with Gasteiger partial charge in [-0.1, -0.05) is 0 Å². The number of nitrogens with zero attached hydrogens (tertiary/aromatic N) is 2. The van der Waals surface area contributed by atoms with E-state index in [-0.39, 0.29) is 25.0 Å². The maximum absolute atomic E-state index is 12.3. The molecule has 3 aliphatic rings. The Kier molecular flexibility index (Phi) is 2.56. The van der Waals surface area contributed by atoms with E-state index in [4.69, 9.17) is 14.2 Å². The molecule has 0 saturated carbocycles. The molecule has 6 nitrogen and oxygen atoms in total. The Balaban J connectivity index is 1.71. The fourth-order valence-corrected chi connectivity index (χ4v) is 3.67. The van der Waals surface area contributed by atoms with Crippen molar-refractivity contribution in [1.29, 1.82) is 0 Å². The minimum absolute atomic E-state index is 0.0496. The van der Waals surface area contributed by atoms with E-state index in [0.29, 0.717) is 6.61 Å². The number of ether oxygens (including phenoxy) is 3. The van der Waals surface area contributed by atoms with Gasteiger partial charge in [0.15, 0.2) is 11.5 Å². The van der Waals surface area contributed by atoms with E-state index >= 15 is 0 Å². The Hall–Kier alpha value is -2.76. The molecule has 2 atom stereocenters. The van der Waals surface area contributed by atoms with Crippen LogP contribution in [0, 0.1) is 0 Å². The van der Waals surface area contributed by atoms with Gasteiger partial charge in [-0.25, -0.2) is 4.79 Å². The molecule has 2 aromatic rings. The zero-order valence-corrected chi connectivity index (χ0v) is 12.3. The van der Waals surface area contributed by atoms with Gasteiger partial charge in [0.2, 0.25) is 6.79 Å². The zero-order valence-electron chi connectivity index (χ0n) is 12.3. The molecule has 1 aromatic carbocycles. The molecule has 0 unspecified atom stereocenters. The molecular formula is C17H14N2O4. The van der Waals surface area contributed by atoms with E-state index in [1.54, 1.807) is 12.4 Å². The lowest BCUT2D eigenvalue weighted by Gasteiger charge is -2.37. The van der Waals surface area contributed by atoms with E-state index < -0.39 is 0 Å². The van der Waals surface area contributed by atoms with Crippen LogP contribution in [-0.4, -0.2) is 35.4 Å². The molecular weight excluding hydrogens is 296 g/mol. The van der Waals surface area contributed by atoms with Gasteiger partial charge in [-0.2, -0.15) is 0 Å². The van der Waals surface area contributed by atoms with Gasteiger partial charge in [-0.3, -0.25) is 9.88 Å². The second-order valence-electron chi connectivity index (χ2n) is 5.93. The monoisotopic (exact) mass is 310 g/mol. The first kappa shape index (κ1) is 12.8. The van der Waals surface area contributed by atoms with Gasteiger partial charge in [0.1, 0.15) is 6.61 Å². The Morgan fingerprint density at radius 3 is 2.70 bits per heavy atom. The summed E-state index contributed by atoms with van der Waals surface area (Å²) in [6.07, 6.45) is 3.99. The summed E-state index contributed by atoms with van der Waals surface area (Å²) in [5, 5.41) is 0. The van der Waals surface area contributed by atoms with Gasteiger partial charge >= 0.3 is 6.09 Å². The van der Waals surface area contributed by atoms with Crippen LogP contribution in [0.25, 0.3) is 0 Å². The average Bonchev–Trinajstić information content (AvgIpc) is 3.18. The fraction of sp³-hybridized carbons (Fsp3) is 0.294. The van der Waals surface area contributed by atoms with Crippen LogP contribution in [0.5, 0.6) is 11.5 Å². The molecule has 0 N–H and O–H groups in total. The standard InChI is InChI=1S/C17H14N2O4/c20-17-19-12(8-21-17)5-11-6-14-15(23-9-22-14)7-13(11)16(19)10-1-3-18-4-2-10/h1-4,6-7,12,16H,5,8-9H2/t12-,16+/m0/s1. The first-order valence-corrected chi connectivity index (χ1v) is 7.59. The van der Waals surface area contributed by atoms with Crippen LogP contribution in [0.1, 0.15) is 22.7 Å². The summed E-state index contributed by atoms with van der Waals surface area (Å²) >= 11 is 0. The van der Waals surface area contributed by atoms with Crippen LogP contribution in [-0.2, 0) is 11.2 Å². The van der Waals surface area contributed by atoms with E-state index in [9.17, 15) is 4.79 Å². The number of benzene rings is 1. The van der Waals surface area contributed by atoms with Crippen LogP contribution < -0.4 is 9.47 Å². The van der Waals surface area contributed by atoms with E-state index in [0.717, 1.165) is 29.0 Å². The van der Waals surface area contributed by atoms with E-state index in [1.165, 1.54) is 5.56 Å². The van der Waals surface area contributed by atoms with Gasteiger partial charge in [-0.15, -0.1) is 0 Å². The lowest BCUT2D eigenvalue weighted by Crippen LogP contribution is -2.42. The quantitative estimate of drug-likeness (QED) is 0.808. The van der Waals surface area contributed by atoms with Crippen molar-refractivity contribution >= 4 is 6.09 Å². The lowest BCUT2D eigenvalue weighted by atomic mass is 9.85. The third kappa shape index (κ3) is 1.81. The molecule has 3 aliphatic heterocycles. The first-order valence-electron chi connectivity index (χ1n) is 7.59. The third-order valence-corrected chi connectivity index (χ3v) is 4.69. The number of rotatable bonds is 1. The summed E-state index contributed by atoms with van der Waals surface area (Å²) in [7, 11) is 0. The Morgan fingerprint density at radius 2 is 1.87 bits per heavy atom. The normalized spacial score (nSPS) is 24.2. The molecule has 4 heterocycles. The van der Waals surface area contributed by atoms with E-state index in [2.05, 4.69) is 4.98 Å². The van der Waals surface area contributed by atoms with Gasteiger partial charge in [0.05, 0.1) is 12.1 Å². The molecule has 1 aromatic heterocycles. The molecule has 6 heteroatoms. The van der Waals surface area contributed by atoms with E-state index in [1.807, 2.05) is 29.2 Å². The zero-order chi connectivity index (χ0) is 15.4. The number of aromatic nitrogens is 1. The largest absolute Gasteiger partial charge is 0.454 e. The van der Waals surface area contributed by atoms with Gasteiger partial charge < -0.3 is 14.2 Å². The highest BCUT2D eigenvalue weighted by Crippen LogP contribution is 2.45. The maximum Gasteiger partial charge on any atom is 0.411 e. The van der Waals surface area contributed by atoms with Gasteiger partial charge in [0, 0.05) is 12.4 Å². The van der Waals surface area contributed by atoms with Crippen molar-refractivity contribution in [2.45, 2.75) is 18.5 Å². The minimum Gasteiger partial charge on any atom is -0.454 e. The highest BCUT2D eigenvalue weighted by atomic mass is 16.7. The number of carbonyl (C=O) groups is 1. The summed E-state index contributed by atoms with van der Waals surface area (Å²) in [4.78, 5) is 18.2. The van der Waals surface area contributed by atoms with Crippen molar-refractivity contribution in [2.24, 2.45) is 0 Å². The number of carbonyl (C=O) groups excluding carboxylic acids is 1. The summed E-state index contributed by atoms with van der Waals surface area (Å²) in [6.45, 7) is 0.668. The second-order valence-corrected chi connectivity index (χ2v) is 5.93. The van der Waals surface area contributed by atoms with Crippen molar-refractivity contribution in [2.75, 3.05) is 13.4 Å². The SMILES string of the molecule is O=C1OC[C@@H]2Cc3cc4c(cc3[C@@H](c3ccncc3)N12)OCO4. The Bertz CT molecular complexity index is 793. The number of cyclic esters (lactones) is 1. The fourth-order valence-electron chi connectivity index (χ4n) is 3.67. The average molecular weight is 310 g/mol. The molecule has 1 fully saturated rings. The van der Waals surface area contributed by atoms with Gasteiger partial charge in [0.25, 0.3) is 0 Å². The van der Waals surface area contributed by atoms with Crippen LogP contribution in [0.3, 0.4) is 0 Å². The molecule has 0 aliphatic carbocycles. The molecule has 1 saturated heterocycles. The number of hydrogen-bond donors (Lipinski definition) is 0. The molecule has 0 bridgehead atoms. The third-order valence-electron chi connectivity index (χ3n) is 4.69. The van der Waals surface area contributed by atoms with Crippen LogP contribution in [0.15, 0.2) is 36.7 Å². The molecule has 116 valence electrons. The first-order chi connectivity index (χ1) is 11.3. The maximum atomic E-state index is 12.3. The van der Waals surface area contributed by atoms with Crippen molar-refractivity contribution in [3.8, 4) is 11.5 Å². The minimum atomic E-state index is -0.264. The Labute approximate surface area is 132 Å².